The van der Waals surface area contributed by atoms with E-state index in [0.29, 0.717) is 26.1 Å². The number of ether oxygens (including phenoxy) is 7. The summed E-state index contributed by atoms with van der Waals surface area (Å²) in [6, 6.07) is 9.44. The molecular weight excluding hydrogens is 564 g/mol. The fourth-order valence-electron chi connectivity index (χ4n) is 4.31. The van der Waals surface area contributed by atoms with E-state index in [1.54, 1.807) is 13.8 Å². The Morgan fingerprint density at radius 2 is 1.86 bits per heavy atom. The molecule has 13 heteroatoms. The summed E-state index contributed by atoms with van der Waals surface area (Å²) in [7, 11) is 1.35. The van der Waals surface area contributed by atoms with E-state index in [1.807, 2.05) is 37.3 Å². The maximum atomic E-state index is 13.3. The molecule has 1 aromatic carbocycles. The Bertz CT molecular complexity index is 1220. The summed E-state index contributed by atoms with van der Waals surface area (Å²) in [5.41, 5.74) is 0.621. The Balaban J connectivity index is 1.78. The van der Waals surface area contributed by atoms with Crippen LogP contribution in [0.25, 0.3) is 0 Å². The molecule has 13 nitrogen and oxygen atoms in total. The van der Waals surface area contributed by atoms with E-state index in [0.717, 1.165) is 5.56 Å². The average Bonchev–Trinajstić information content (AvgIpc) is 3.04. The summed E-state index contributed by atoms with van der Waals surface area (Å²) in [4.78, 5) is 55.7. The highest BCUT2D eigenvalue weighted by atomic mass is 16.7. The van der Waals surface area contributed by atoms with Crippen LogP contribution in [0.3, 0.4) is 0 Å². The van der Waals surface area contributed by atoms with Gasteiger partial charge in [0.25, 0.3) is 5.91 Å². The smallest absolute Gasteiger partial charge is 0.334 e. The van der Waals surface area contributed by atoms with Crippen LogP contribution < -0.4 is 14.8 Å². The maximum Gasteiger partial charge on any atom is 0.334 e. The summed E-state index contributed by atoms with van der Waals surface area (Å²) < 4.78 is 37.9. The van der Waals surface area contributed by atoms with Gasteiger partial charge in [-0.05, 0) is 32.3 Å². The van der Waals surface area contributed by atoms with Crippen LogP contribution in [0.1, 0.15) is 43.2 Å². The second-order valence-electron chi connectivity index (χ2n) is 9.54. The first-order valence-corrected chi connectivity index (χ1v) is 14.0. The molecular formula is C30H38N2O11. The molecule has 2 heterocycles. The van der Waals surface area contributed by atoms with Crippen LogP contribution in [-0.2, 0) is 44.5 Å². The number of benzene rings is 1. The topological polar surface area (TPSA) is 158 Å². The van der Waals surface area contributed by atoms with Crippen molar-refractivity contribution in [1.29, 1.82) is 0 Å². The molecule has 0 aliphatic carbocycles. The van der Waals surface area contributed by atoms with Crippen LogP contribution in [0.4, 0.5) is 0 Å². The number of nitrogens with zero attached hydrogens (tertiary/aromatic N) is 1. The lowest BCUT2D eigenvalue weighted by Gasteiger charge is -2.29. The summed E-state index contributed by atoms with van der Waals surface area (Å²) in [5.74, 6) is -3.72. The number of nitrogens with one attached hydrogen (secondary N) is 1. The molecule has 3 rings (SSSR count). The van der Waals surface area contributed by atoms with Crippen molar-refractivity contribution in [3.8, 4) is 11.5 Å². The van der Waals surface area contributed by atoms with Crippen molar-refractivity contribution in [3.63, 3.8) is 0 Å². The Hall–Kier alpha value is -4.23. The molecule has 4 unspecified atom stereocenters. The van der Waals surface area contributed by atoms with Gasteiger partial charge in [0.1, 0.15) is 25.4 Å². The van der Waals surface area contributed by atoms with Gasteiger partial charge in [-0.2, -0.15) is 0 Å². The first-order chi connectivity index (χ1) is 20.8. The monoisotopic (exact) mass is 602 g/mol. The predicted molar refractivity (Wildman–Crippen MR) is 150 cm³/mol. The van der Waals surface area contributed by atoms with Crippen LogP contribution in [-0.4, -0.2) is 87.4 Å². The molecule has 0 spiro atoms. The Kier molecular flexibility index (Phi) is 13.2. The van der Waals surface area contributed by atoms with Crippen LogP contribution in [0, 0.1) is 5.92 Å². The number of hydrogen-bond donors (Lipinski definition) is 1. The lowest BCUT2D eigenvalue weighted by molar-refractivity contribution is -0.164. The Morgan fingerprint density at radius 1 is 1.09 bits per heavy atom. The van der Waals surface area contributed by atoms with Gasteiger partial charge < -0.3 is 38.5 Å². The number of pyridine rings is 1. The fraction of sp³-hybridized carbons (Fsp3) is 0.500. The van der Waals surface area contributed by atoms with Crippen molar-refractivity contribution in [3.05, 3.63) is 53.9 Å². The van der Waals surface area contributed by atoms with E-state index in [9.17, 15) is 19.2 Å². The van der Waals surface area contributed by atoms with Gasteiger partial charge in [-0.3, -0.25) is 9.59 Å². The largest absolute Gasteiger partial charge is 0.493 e. The molecule has 1 fully saturated rings. The molecule has 1 saturated heterocycles. The average molecular weight is 603 g/mol. The number of cyclic esters (lactones) is 2. The number of carbonyl (C=O) groups excluding carboxylic acids is 4. The third-order valence-corrected chi connectivity index (χ3v) is 6.41. The van der Waals surface area contributed by atoms with E-state index < -0.39 is 61.4 Å². The molecule has 2 aromatic rings. The second-order valence-corrected chi connectivity index (χ2v) is 9.54. The molecule has 1 N–H and O–H groups in total. The fourth-order valence-corrected chi connectivity index (χ4v) is 4.31. The summed E-state index contributed by atoms with van der Waals surface area (Å²) in [5, 5.41) is 2.51. The zero-order valence-corrected chi connectivity index (χ0v) is 24.7. The SMILES string of the molecule is CCCOC1C(C)OC(=O)C(NC(=O)c2nccc(OC)c2OCOC(=O)COCC)COC(=O)C1Cc1ccccc1. The quantitative estimate of drug-likeness (QED) is 0.191. The van der Waals surface area contributed by atoms with Gasteiger partial charge in [0.05, 0.1) is 13.0 Å². The highest BCUT2D eigenvalue weighted by Crippen LogP contribution is 2.30. The third kappa shape index (κ3) is 9.65. The number of aromatic nitrogens is 1. The van der Waals surface area contributed by atoms with Gasteiger partial charge in [-0.15, -0.1) is 0 Å². The van der Waals surface area contributed by atoms with Crippen LogP contribution in [0.5, 0.6) is 11.5 Å². The second kappa shape index (κ2) is 17.0. The lowest BCUT2D eigenvalue weighted by Crippen LogP contribution is -2.46. The molecule has 43 heavy (non-hydrogen) atoms. The van der Waals surface area contributed by atoms with Crippen LogP contribution in [0.2, 0.25) is 0 Å². The Labute approximate surface area is 250 Å². The van der Waals surface area contributed by atoms with E-state index in [-0.39, 0.29) is 23.8 Å². The number of methoxy groups -OCH3 is 1. The van der Waals surface area contributed by atoms with E-state index in [2.05, 4.69) is 10.3 Å². The number of amides is 1. The van der Waals surface area contributed by atoms with Gasteiger partial charge in [0, 0.05) is 25.5 Å². The van der Waals surface area contributed by atoms with Gasteiger partial charge in [-0.1, -0.05) is 37.3 Å². The number of rotatable bonds is 14. The van der Waals surface area contributed by atoms with E-state index in [1.165, 1.54) is 19.4 Å². The van der Waals surface area contributed by atoms with Crippen molar-refractivity contribution in [2.45, 2.75) is 51.9 Å². The molecule has 234 valence electrons. The minimum Gasteiger partial charge on any atom is -0.493 e. The third-order valence-electron chi connectivity index (χ3n) is 6.41. The molecule has 1 aliphatic heterocycles. The van der Waals surface area contributed by atoms with E-state index >= 15 is 0 Å². The molecule has 1 aliphatic rings. The number of esters is 3. The predicted octanol–water partition coefficient (Wildman–Crippen LogP) is 2.25. The first kappa shape index (κ1) is 33.3. The highest BCUT2D eigenvalue weighted by molar-refractivity contribution is 5.98. The van der Waals surface area contributed by atoms with Gasteiger partial charge in [0.2, 0.25) is 6.79 Å². The summed E-state index contributed by atoms with van der Waals surface area (Å²) >= 11 is 0. The van der Waals surface area contributed by atoms with Gasteiger partial charge >= 0.3 is 17.9 Å². The first-order valence-electron chi connectivity index (χ1n) is 14.0. The lowest BCUT2D eigenvalue weighted by atomic mass is 9.91. The minimum atomic E-state index is -1.37. The molecule has 0 bridgehead atoms. The zero-order valence-electron chi connectivity index (χ0n) is 24.7. The molecule has 4 atom stereocenters. The molecule has 0 saturated carbocycles. The van der Waals surface area contributed by atoms with Crippen molar-refractivity contribution in [2.24, 2.45) is 5.92 Å². The van der Waals surface area contributed by atoms with Crippen molar-refractivity contribution in [1.82, 2.24) is 10.3 Å². The molecule has 1 amide bonds. The van der Waals surface area contributed by atoms with Gasteiger partial charge in [0.15, 0.2) is 23.2 Å². The summed E-state index contributed by atoms with van der Waals surface area (Å²) in [6.45, 7) is 4.65. The highest BCUT2D eigenvalue weighted by Gasteiger charge is 2.40. The van der Waals surface area contributed by atoms with Crippen molar-refractivity contribution < 1.29 is 52.3 Å². The molecule has 0 radical (unpaired) electrons. The summed E-state index contributed by atoms with van der Waals surface area (Å²) in [6.07, 6.45) is 0.674. The zero-order chi connectivity index (χ0) is 31.2. The maximum absolute atomic E-state index is 13.3. The van der Waals surface area contributed by atoms with Crippen LogP contribution in [0.15, 0.2) is 42.6 Å². The van der Waals surface area contributed by atoms with E-state index in [4.69, 9.17) is 33.2 Å². The standard InChI is InChI=1S/C30H38N2O11/c1-5-14-39-26-19(3)43-30(36)22(16-40-29(35)21(26)15-20-10-8-7-9-11-20)32-28(34)25-27(23(37-4)12-13-31-25)42-18-41-24(33)17-38-6-2/h7-13,19,21-22,26H,5-6,14-18H2,1-4H3,(H,32,34). The van der Waals surface area contributed by atoms with Gasteiger partial charge in [-0.25, -0.2) is 14.6 Å². The van der Waals surface area contributed by atoms with Crippen molar-refractivity contribution >= 4 is 23.8 Å². The Morgan fingerprint density at radius 3 is 2.56 bits per heavy atom. The minimum absolute atomic E-state index is 0.123. The number of carbonyl (C=O) groups is 4. The molecule has 1 aromatic heterocycles. The number of hydrogen-bond acceptors (Lipinski definition) is 12. The van der Waals surface area contributed by atoms with Crippen molar-refractivity contribution in [2.75, 3.05) is 40.3 Å². The normalized spacial score (nSPS) is 20.5. The van der Waals surface area contributed by atoms with Crippen LogP contribution >= 0.6 is 0 Å².